The molecular weight excluding hydrogens is 314 g/mol. The molecule has 2 aliphatic heterocycles. The fraction of sp³-hybridized carbons (Fsp3) is 0.667. The van der Waals surface area contributed by atoms with Crippen molar-refractivity contribution in [3.05, 3.63) is 35.9 Å². The molecule has 1 aromatic carbocycles. The van der Waals surface area contributed by atoms with Gasteiger partial charge in [-0.1, -0.05) is 18.2 Å². The zero-order valence-corrected chi connectivity index (χ0v) is 15.0. The maximum Gasteiger partial charge on any atom is 0.253 e. The van der Waals surface area contributed by atoms with Gasteiger partial charge < -0.3 is 14.4 Å². The largest absolute Gasteiger partial charge is 0.381 e. The molecule has 0 bridgehead atoms. The van der Waals surface area contributed by atoms with E-state index in [9.17, 15) is 4.79 Å². The minimum absolute atomic E-state index is 0.170. The molecule has 4 nitrogen and oxygen atoms in total. The predicted molar refractivity (Wildman–Crippen MR) is 96.5 cm³/mol. The Morgan fingerprint density at radius 1 is 1.12 bits per heavy atom. The maximum atomic E-state index is 12.7. The number of carbonyl (C=O) groups is 1. The summed E-state index contributed by atoms with van der Waals surface area (Å²) in [4.78, 5) is 14.7. The van der Waals surface area contributed by atoms with Gasteiger partial charge in [0.1, 0.15) is 0 Å². The Kier molecular flexibility index (Phi) is 5.09. The average Bonchev–Trinajstić information content (AvgIpc) is 3.49. The first-order chi connectivity index (χ1) is 12.3. The van der Waals surface area contributed by atoms with Crippen LogP contribution >= 0.6 is 0 Å². The smallest absolute Gasteiger partial charge is 0.253 e. The topological polar surface area (TPSA) is 38.8 Å². The van der Waals surface area contributed by atoms with Crippen LogP contribution in [0.1, 0.15) is 42.5 Å². The Hall–Kier alpha value is -1.39. The van der Waals surface area contributed by atoms with E-state index in [0.717, 1.165) is 70.3 Å². The molecule has 1 saturated carbocycles. The minimum atomic E-state index is 0.170. The summed E-state index contributed by atoms with van der Waals surface area (Å²) in [6.07, 6.45) is 5.93. The van der Waals surface area contributed by atoms with Crippen LogP contribution in [0.4, 0.5) is 0 Å². The summed E-state index contributed by atoms with van der Waals surface area (Å²) in [5, 5.41) is 0. The van der Waals surface area contributed by atoms with Crippen LogP contribution in [0, 0.1) is 17.3 Å². The van der Waals surface area contributed by atoms with Crippen molar-refractivity contribution < 1.29 is 14.3 Å². The quantitative estimate of drug-likeness (QED) is 0.823. The second-order valence-corrected chi connectivity index (χ2v) is 8.02. The van der Waals surface area contributed by atoms with Gasteiger partial charge in [0.15, 0.2) is 0 Å². The van der Waals surface area contributed by atoms with E-state index >= 15 is 0 Å². The highest BCUT2D eigenvalue weighted by atomic mass is 16.5. The van der Waals surface area contributed by atoms with Crippen LogP contribution in [0.25, 0.3) is 0 Å². The second kappa shape index (κ2) is 7.46. The molecule has 1 aliphatic carbocycles. The number of nitrogens with zero attached hydrogens (tertiary/aromatic N) is 1. The van der Waals surface area contributed by atoms with E-state index < -0.39 is 0 Å². The van der Waals surface area contributed by atoms with Crippen LogP contribution in [-0.4, -0.2) is 50.3 Å². The van der Waals surface area contributed by atoms with Crippen molar-refractivity contribution in [2.75, 3.05) is 39.5 Å². The highest BCUT2D eigenvalue weighted by Gasteiger charge is 2.44. The monoisotopic (exact) mass is 343 g/mol. The fourth-order valence-corrected chi connectivity index (χ4v) is 4.34. The molecular formula is C21H29NO3. The van der Waals surface area contributed by atoms with Gasteiger partial charge in [-0.2, -0.15) is 0 Å². The minimum Gasteiger partial charge on any atom is -0.381 e. The fourth-order valence-electron chi connectivity index (χ4n) is 4.34. The third-order valence-corrected chi connectivity index (χ3v) is 6.37. The summed E-state index contributed by atoms with van der Waals surface area (Å²) in [6.45, 7) is 5.12. The van der Waals surface area contributed by atoms with E-state index in [0.29, 0.717) is 11.3 Å². The van der Waals surface area contributed by atoms with Crippen LogP contribution in [0.3, 0.4) is 0 Å². The molecule has 4 heteroatoms. The number of likely N-dealkylation sites (tertiary alicyclic amines) is 1. The molecule has 1 amide bonds. The van der Waals surface area contributed by atoms with E-state index in [4.69, 9.17) is 9.47 Å². The van der Waals surface area contributed by atoms with E-state index in [2.05, 4.69) is 0 Å². The lowest BCUT2D eigenvalue weighted by Gasteiger charge is -2.49. The van der Waals surface area contributed by atoms with Crippen LogP contribution in [0.5, 0.6) is 0 Å². The van der Waals surface area contributed by atoms with Crippen LogP contribution in [-0.2, 0) is 9.47 Å². The van der Waals surface area contributed by atoms with Crippen molar-refractivity contribution in [3.63, 3.8) is 0 Å². The highest BCUT2D eigenvalue weighted by molar-refractivity contribution is 5.94. The zero-order valence-electron chi connectivity index (χ0n) is 15.0. The van der Waals surface area contributed by atoms with Crippen molar-refractivity contribution in [3.8, 4) is 0 Å². The number of benzene rings is 1. The van der Waals surface area contributed by atoms with Gasteiger partial charge in [-0.25, -0.2) is 0 Å². The molecule has 2 saturated heterocycles. The molecule has 0 radical (unpaired) electrons. The molecule has 2 heterocycles. The van der Waals surface area contributed by atoms with Gasteiger partial charge >= 0.3 is 0 Å². The summed E-state index contributed by atoms with van der Waals surface area (Å²) in [5.74, 6) is 1.46. The van der Waals surface area contributed by atoms with Crippen molar-refractivity contribution in [2.24, 2.45) is 17.3 Å². The highest BCUT2D eigenvalue weighted by Crippen LogP contribution is 2.45. The Labute approximate surface area is 150 Å². The average molecular weight is 343 g/mol. The first-order valence-electron chi connectivity index (χ1n) is 9.77. The normalized spacial score (nSPS) is 25.9. The van der Waals surface area contributed by atoms with E-state index in [-0.39, 0.29) is 5.91 Å². The van der Waals surface area contributed by atoms with E-state index in [1.54, 1.807) is 0 Å². The van der Waals surface area contributed by atoms with Crippen LogP contribution < -0.4 is 0 Å². The van der Waals surface area contributed by atoms with Gasteiger partial charge in [0.05, 0.1) is 13.2 Å². The number of ether oxygens (including phenoxy) is 2. The Bertz CT molecular complexity index is 576. The van der Waals surface area contributed by atoms with Crippen LogP contribution in [0.2, 0.25) is 0 Å². The number of piperidine rings is 1. The number of hydrogen-bond acceptors (Lipinski definition) is 3. The lowest BCUT2D eigenvalue weighted by atomic mass is 9.66. The summed E-state index contributed by atoms with van der Waals surface area (Å²) in [5.41, 5.74) is 1.10. The summed E-state index contributed by atoms with van der Waals surface area (Å²) in [6, 6.07) is 9.65. The predicted octanol–water partition coefficient (Wildman–Crippen LogP) is 3.37. The summed E-state index contributed by atoms with van der Waals surface area (Å²) >= 11 is 0. The SMILES string of the molecule is O=C(c1ccccc1)N1CCC2(CCOC[C@@H]2COCC2CC2)CC1. The Balaban J connectivity index is 1.35. The number of hydrogen-bond donors (Lipinski definition) is 0. The van der Waals surface area contributed by atoms with Crippen molar-refractivity contribution >= 4 is 5.91 Å². The van der Waals surface area contributed by atoms with Crippen LogP contribution in [0.15, 0.2) is 30.3 Å². The third kappa shape index (κ3) is 3.90. The molecule has 1 spiro atoms. The van der Waals surface area contributed by atoms with Crippen molar-refractivity contribution in [1.82, 2.24) is 4.90 Å². The number of carbonyl (C=O) groups excluding carboxylic acids is 1. The summed E-state index contributed by atoms with van der Waals surface area (Å²) < 4.78 is 11.8. The molecule has 0 aromatic heterocycles. The van der Waals surface area contributed by atoms with Gasteiger partial charge in [0.2, 0.25) is 0 Å². The molecule has 0 N–H and O–H groups in total. The molecule has 1 aromatic rings. The summed E-state index contributed by atoms with van der Waals surface area (Å²) in [7, 11) is 0. The first kappa shape index (κ1) is 17.0. The Morgan fingerprint density at radius 3 is 2.60 bits per heavy atom. The molecule has 0 unspecified atom stereocenters. The van der Waals surface area contributed by atoms with Crippen molar-refractivity contribution in [1.29, 1.82) is 0 Å². The molecule has 136 valence electrons. The second-order valence-electron chi connectivity index (χ2n) is 8.02. The number of amides is 1. The molecule has 1 atom stereocenters. The molecule has 3 fully saturated rings. The van der Waals surface area contributed by atoms with E-state index in [1.165, 1.54) is 12.8 Å². The molecule has 4 rings (SSSR count). The van der Waals surface area contributed by atoms with Gasteiger partial charge in [-0.15, -0.1) is 0 Å². The zero-order chi connectivity index (χ0) is 17.1. The molecule has 3 aliphatic rings. The lowest BCUT2D eigenvalue weighted by Crippen LogP contribution is -2.50. The van der Waals surface area contributed by atoms with Crippen molar-refractivity contribution in [2.45, 2.75) is 32.1 Å². The first-order valence-corrected chi connectivity index (χ1v) is 9.77. The van der Waals surface area contributed by atoms with Gasteiger partial charge in [0, 0.05) is 37.8 Å². The third-order valence-electron chi connectivity index (χ3n) is 6.37. The maximum absolute atomic E-state index is 12.7. The molecule has 25 heavy (non-hydrogen) atoms. The lowest BCUT2D eigenvalue weighted by molar-refractivity contribution is -0.0975. The van der Waals surface area contributed by atoms with Gasteiger partial charge in [-0.3, -0.25) is 4.79 Å². The van der Waals surface area contributed by atoms with Gasteiger partial charge in [0.25, 0.3) is 5.91 Å². The number of rotatable bonds is 5. The Morgan fingerprint density at radius 2 is 1.88 bits per heavy atom. The van der Waals surface area contributed by atoms with Gasteiger partial charge in [-0.05, 0) is 55.6 Å². The standard InChI is InChI=1S/C21H29NO3/c23-20(18-4-2-1-3-5-18)22-11-8-21(9-12-22)10-13-24-15-19(21)16-25-14-17-6-7-17/h1-5,17,19H,6-16H2/t19-/m1/s1. The van der Waals surface area contributed by atoms with E-state index in [1.807, 2.05) is 35.2 Å².